The molecule has 0 heterocycles. The topological polar surface area (TPSA) is 23.1 Å². The lowest BCUT2D eigenvalue weighted by molar-refractivity contribution is -0.268. The minimum absolute atomic E-state index is 0.0255. The molecule has 0 radical (unpaired) electrons. The van der Waals surface area contributed by atoms with Crippen LogP contribution in [0.25, 0.3) is 0 Å². The smallest absolute Gasteiger partial charge is 0.0947 e. The van der Waals surface area contributed by atoms with Crippen LogP contribution < -0.4 is 5.11 Å². The quantitative estimate of drug-likeness (QED) is 0.451. The molecule has 0 saturated heterocycles. The van der Waals surface area contributed by atoms with Crippen molar-refractivity contribution in [2.24, 2.45) is 0 Å². The largest absolute Gasteiger partial charge is 0.882 e. The maximum Gasteiger partial charge on any atom is -0.0947 e. The van der Waals surface area contributed by atoms with E-state index < -0.39 is 0 Å². The first-order chi connectivity index (χ1) is 3.79. The van der Waals surface area contributed by atoms with E-state index in [4.69, 9.17) is 0 Å². The van der Waals surface area contributed by atoms with E-state index in [0.717, 1.165) is 5.56 Å². The van der Waals surface area contributed by atoms with Crippen molar-refractivity contribution in [3.8, 4) is 5.75 Å². The molecule has 0 amide bonds. The van der Waals surface area contributed by atoms with Crippen LogP contribution in [-0.2, 0) is 0 Å². The molecule has 0 unspecified atom stereocenters. The lowest BCUT2D eigenvalue weighted by Crippen LogP contribution is -1.87. The summed E-state index contributed by atoms with van der Waals surface area (Å²) in [7, 11) is 0. The van der Waals surface area contributed by atoms with Crippen molar-refractivity contribution in [1.82, 2.24) is 0 Å². The first-order valence-electron chi connectivity index (χ1n) is 2.38. The van der Waals surface area contributed by atoms with Crippen LogP contribution in [0.2, 0.25) is 0 Å². The van der Waals surface area contributed by atoms with Crippen LogP contribution in [0.3, 0.4) is 0 Å². The van der Waals surface area contributed by atoms with Crippen LogP contribution in [0.1, 0.15) is 5.56 Å². The Morgan fingerprint density at radius 2 is 2.12 bits per heavy atom. The van der Waals surface area contributed by atoms with Gasteiger partial charge < -0.3 is 5.11 Å². The Hall–Kier alpha value is -1.11. The van der Waals surface area contributed by atoms with Gasteiger partial charge in [0, 0.05) is 0 Å². The van der Waals surface area contributed by atoms with E-state index in [9.17, 15) is 5.11 Å². The lowest BCUT2D eigenvalue weighted by Gasteiger charge is -2.09. The van der Waals surface area contributed by atoms with E-state index in [0.29, 0.717) is 0 Å². The molecule has 0 aliphatic heterocycles. The summed E-state index contributed by atoms with van der Waals surface area (Å²) >= 11 is 0. The monoisotopic (exact) mass is 106 g/mol. The first-order valence-corrected chi connectivity index (χ1v) is 2.38. The van der Waals surface area contributed by atoms with Gasteiger partial charge in [0.05, 0.1) is 0 Å². The molecule has 0 aliphatic carbocycles. The highest BCUT2D eigenvalue weighted by molar-refractivity contribution is 5.27. The number of benzene rings is 1. The molecule has 1 rings (SSSR count). The molecule has 1 aromatic carbocycles. The van der Waals surface area contributed by atoms with Gasteiger partial charge in [0.1, 0.15) is 0 Å². The lowest BCUT2D eigenvalue weighted by atomic mass is 10.2. The molecule has 0 bridgehead atoms. The molecule has 0 N–H and O–H groups in total. The molecule has 42 valence electrons. The van der Waals surface area contributed by atoms with Gasteiger partial charge in [-0.25, -0.2) is 0 Å². The molecule has 0 atom stereocenters. The number of hydrogen-bond acceptors (Lipinski definition) is 1. The maximum absolute atomic E-state index is 10.5. The highest BCUT2D eigenvalue weighted by Gasteiger charge is 1.66. The molecule has 0 saturated carbocycles. The second kappa shape index (κ2) is 1.78. The summed E-state index contributed by atoms with van der Waals surface area (Å²) < 4.78 is 0. The fourth-order valence-corrected chi connectivity index (χ4v) is 0.545. The Labute approximate surface area is 48.6 Å². The van der Waals surface area contributed by atoms with Crippen LogP contribution in [0.5, 0.6) is 5.75 Å². The molecule has 0 aromatic heterocycles. The van der Waals surface area contributed by atoms with Crippen molar-refractivity contribution >= 4 is 0 Å². The average molecular weight is 106 g/mol. The summed E-state index contributed by atoms with van der Waals surface area (Å²) in [5.41, 5.74) is 0.775. The van der Waals surface area contributed by atoms with Gasteiger partial charge in [0.25, 0.3) is 0 Å². The molecule has 1 nitrogen and oxygen atoms in total. The summed E-state index contributed by atoms with van der Waals surface area (Å²) in [5, 5.41) is 10.5. The maximum atomic E-state index is 10.5. The zero-order chi connectivity index (χ0) is 5.98. The van der Waals surface area contributed by atoms with Gasteiger partial charge in [-0.05, 0) is 0 Å². The third-order valence-electron chi connectivity index (χ3n) is 0.898. The van der Waals surface area contributed by atoms with Crippen LogP contribution in [0, 0.1) is 6.92 Å². The average Bonchev–Trinajstić information content (AvgIpc) is 1.64. The van der Waals surface area contributed by atoms with Gasteiger partial charge in [-0.15, -0.1) is 6.07 Å². The van der Waals surface area contributed by atoms with E-state index in [-0.39, 0.29) is 5.75 Å². The normalized spacial score (nSPS) is 9.00. The standard InChI is InChI=1S/C7H7O/c1-6-3-2-4-7(8)5-6/h2-5,8H,1H2/q-1/p-1. The molecule has 1 aromatic rings. The molecule has 1 heteroatoms. The molecule has 0 fully saturated rings. The molecular formula is C7H6O-2. The highest BCUT2D eigenvalue weighted by Crippen LogP contribution is 2.04. The van der Waals surface area contributed by atoms with Crippen molar-refractivity contribution < 1.29 is 5.11 Å². The Kier molecular flexibility index (Phi) is 1.12. The first kappa shape index (κ1) is 5.04. The third-order valence-corrected chi connectivity index (χ3v) is 0.898. The van der Waals surface area contributed by atoms with E-state index >= 15 is 0 Å². The predicted molar refractivity (Wildman–Crippen MR) is 30.3 cm³/mol. The fraction of sp³-hybridized carbons (Fsp3) is 0. The van der Waals surface area contributed by atoms with Crippen LogP contribution in [0.4, 0.5) is 0 Å². The second-order valence-electron chi connectivity index (χ2n) is 1.65. The number of rotatable bonds is 0. The molecular weight excluding hydrogens is 100 g/mol. The van der Waals surface area contributed by atoms with Crippen LogP contribution in [0.15, 0.2) is 24.3 Å². The molecule has 8 heavy (non-hydrogen) atoms. The van der Waals surface area contributed by atoms with E-state index in [1.165, 1.54) is 12.1 Å². The van der Waals surface area contributed by atoms with Crippen molar-refractivity contribution in [3.05, 3.63) is 36.8 Å². The zero-order valence-corrected chi connectivity index (χ0v) is 4.42. The zero-order valence-electron chi connectivity index (χ0n) is 4.42. The molecule has 0 aliphatic rings. The van der Waals surface area contributed by atoms with Crippen molar-refractivity contribution in [2.75, 3.05) is 0 Å². The fourth-order valence-electron chi connectivity index (χ4n) is 0.545. The summed E-state index contributed by atoms with van der Waals surface area (Å²) in [6, 6.07) is 6.50. The summed E-state index contributed by atoms with van der Waals surface area (Å²) in [6.45, 7) is 3.58. The van der Waals surface area contributed by atoms with Crippen molar-refractivity contribution in [1.29, 1.82) is 0 Å². The minimum atomic E-state index is 0.0255. The summed E-state index contributed by atoms with van der Waals surface area (Å²) in [4.78, 5) is 0. The van der Waals surface area contributed by atoms with Crippen molar-refractivity contribution in [3.63, 3.8) is 0 Å². The highest BCUT2D eigenvalue weighted by atomic mass is 16.3. The van der Waals surface area contributed by atoms with E-state index in [2.05, 4.69) is 6.92 Å². The summed E-state index contributed by atoms with van der Waals surface area (Å²) in [5.74, 6) is 0.0255. The summed E-state index contributed by atoms with van der Waals surface area (Å²) in [6.07, 6.45) is 0. The Morgan fingerprint density at radius 1 is 1.38 bits per heavy atom. The second-order valence-corrected chi connectivity index (χ2v) is 1.65. The van der Waals surface area contributed by atoms with Gasteiger partial charge >= 0.3 is 0 Å². The van der Waals surface area contributed by atoms with Crippen LogP contribution in [-0.4, -0.2) is 0 Å². The van der Waals surface area contributed by atoms with Crippen LogP contribution >= 0.6 is 0 Å². The predicted octanol–water partition coefficient (Wildman–Crippen LogP) is 0.942. The van der Waals surface area contributed by atoms with E-state index in [1.54, 1.807) is 12.1 Å². The minimum Gasteiger partial charge on any atom is -0.882 e. The van der Waals surface area contributed by atoms with Gasteiger partial charge in [-0.1, -0.05) is 6.07 Å². The third kappa shape index (κ3) is 0.936. The SMILES string of the molecule is [CH2-]c1cccc([O-])c1. The van der Waals surface area contributed by atoms with E-state index in [1.807, 2.05) is 0 Å². The van der Waals surface area contributed by atoms with Gasteiger partial charge in [0.2, 0.25) is 0 Å². The van der Waals surface area contributed by atoms with Crippen molar-refractivity contribution in [2.45, 2.75) is 0 Å². The van der Waals surface area contributed by atoms with Gasteiger partial charge in [-0.2, -0.15) is 30.4 Å². The molecule has 0 spiro atoms. The van der Waals surface area contributed by atoms with Gasteiger partial charge in [0.15, 0.2) is 0 Å². The van der Waals surface area contributed by atoms with Gasteiger partial charge in [-0.3, -0.25) is 0 Å². The Balaban J connectivity index is 3.08. The Morgan fingerprint density at radius 3 is 2.50 bits per heavy atom. The Bertz CT molecular complexity index is 164. The number of hydrogen-bond donors (Lipinski definition) is 0.